The second-order valence-corrected chi connectivity index (χ2v) is 6.91. The van der Waals surface area contributed by atoms with Gasteiger partial charge in [0, 0.05) is 20.2 Å². The van der Waals surface area contributed by atoms with Gasteiger partial charge in [0.25, 0.3) is 0 Å². The minimum atomic E-state index is -3.95. The minimum absolute atomic E-state index is 0.0820. The fraction of sp³-hybridized carbons (Fsp3) is 0.538. The van der Waals surface area contributed by atoms with Crippen molar-refractivity contribution < 1.29 is 17.5 Å². The van der Waals surface area contributed by atoms with Gasteiger partial charge < -0.3 is 10.5 Å². The molecule has 5 nitrogen and oxygen atoms in total. The highest BCUT2D eigenvalue weighted by atomic mass is 32.2. The Morgan fingerprint density at radius 2 is 2.20 bits per heavy atom. The first-order chi connectivity index (χ1) is 9.43. The van der Waals surface area contributed by atoms with E-state index in [0.717, 1.165) is 29.6 Å². The number of likely N-dealkylation sites (N-methyl/N-ethyl adjacent to an activating group) is 1. The highest BCUT2D eigenvalue weighted by Crippen LogP contribution is 2.25. The normalized spacial score (nSPS) is 20.2. The Balaban J connectivity index is 2.21. The Labute approximate surface area is 118 Å². The summed E-state index contributed by atoms with van der Waals surface area (Å²) in [5.41, 5.74) is 5.52. The molecule has 20 heavy (non-hydrogen) atoms. The van der Waals surface area contributed by atoms with Crippen molar-refractivity contribution in [1.82, 2.24) is 4.31 Å². The predicted octanol–water partition coefficient (Wildman–Crippen LogP) is 1.60. The number of hydrogen-bond donors (Lipinski definition) is 1. The molecule has 0 spiro atoms. The van der Waals surface area contributed by atoms with Crippen molar-refractivity contribution in [3.63, 3.8) is 0 Å². The van der Waals surface area contributed by atoms with Crippen LogP contribution in [0, 0.1) is 5.82 Å². The van der Waals surface area contributed by atoms with Gasteiger partial charge in [0.2, 0.25) is 10.0 Å². The Hall–Kier alpha value is -1.18. The van der Waals surface area contributed by atoms with Gasteiger partial charge in [-0.05, 0) is 31.4 Å². The van der Waals surface area contributed by atoms with Gasteiger partial charge in [-0.25, -0.2) is 12.8 Å². The molecule has 7 heteroatoms. The first-order valence-electron chi connectivity index (χ1n) is 6.55. The Morgan fingerprint density at radius 1 is 1.45 bits per heavy atom. The van der Waals surface area contributed by atoms with E-state index in [1.165, 1.54) is 19.2 Å². The third-order valence-corrected chi connectivity index (χ3v) is 5.32. The average Bonchev–Trinajstić information content (AvgIpc) is 2.39. The van der Waals surface area contributed by atoms with Gasteiger partial charge in [-0.3, -0.25) is 0 Å². The van der Waals surface area contributed by atoms with E-state index >= 15 is 0 Å². The van der Waals surface area contributed by atoms with Gasteiger partial charge >= 0.3 is 0 Å². The molecule has 0 radical (unpaired) electrons. The molecule has 1 aromatic carbocycles. The van der Waals surface area contributed by atoms with Crippen LogP contribution in [0.4, 0.5) is 10.1 Å². The van der Waals surface area contributed by atoms with E-state index in [1.54, 1.807) is 0 Å². The van der Waals surface area contributed by atoms with Gasteiger partial charge in [0.15, 0.2) is 0 Å². The van der Waals surface area contributed by atoms with Crippen molar-refractivity contribution >= 4 is 15.7 Å². The molecule has 0 bridgehead atoms. The van der Waals surface area contributed by atoms with E-state index in [9.17, 15) is 12.8 Å². The summed E-state index contributed by atoms with van der Waals surface area (Å²) in [5, 5.41) is 0. The molecular formula is C13H19FN2O3S. The lowest BCUT2D eigenvalue weighted by molar-refractivity contribution is 0.00857. The molecule has 2 N–H and O–H groups in total. The molecule has 1 aliphatic rings. The SMILES string of the molecule is CN(CC1CCCCO1)S(=O)(=O)c1c(N)cccc1F. The van der Waals surface area contributed by atoms with Crippen LogP contribution in [0.5, 0.6) is 0 Å². The molecule has 1 aliphatic heterocycles. The lowest BCUT2D eigenvalue weighted by atomic mass is 10.1. The zero-order valence-corrected chi connectivity index (χ0v) is 12.2. The summed E-state index contributed by atoms with van der Waals surface area (Å²) in [6.45, 7) is 0.844. The fourth-order valence-corrected chi connectivity index (χ4v) is 3.64. The maximum Gasteiger partial charge on any atom is 0.247 e. The summed E-state index contributed by atoms with van der Waals surface area (Å²) in [7, 11) is -2.53. The first-order valence-corrected chi connectivity index (χ1v) is 7.99. The summed E-state index contributed by atoms with van der Waals surface area (Å²) in [5.74, 6) is -0.832. The summed E-state index contributed by atoms with van der Waals surface area (Å²) >= 11 is 0. The van der Waals surface area contributed by atoms with Gasteiger partial charge in [0.05, 0.1) is 11.8 Å². The molecule has 1 fully saturated rings. The number of nitrogens with two attached hydrogens (primary N) is 1. The molecule has 0 aliphatic carbocycles. The van der Waals surface area contributed by atoms with Crippen LogP contribution in [-0.2, 0) is 14.8 Å². The molecule has 1 aromatic rings. The van der Waals surface area contributed by atoms with Gasteiger partial charge in [-0.1, -0.05) is 6.07 Å². The van der Waals surface area contributed by atoms with Gasteiger partial charge in [-0.2, -0.15) is 4.31 Å². The summed E-state index contributed by atoms with van der Waals surface area (Å²) in [4.78, 5) is -0.460. The van der Waals surface area contributed by atoms with E-state index in [0.29, 0.717) is 6.61 Å². The Kier molecular flexibility index (Phi) is 4.62. The van der Waals surface area contributed by atoms with E-state index in [-0.39, 0.29) is 18.3 Å². The molecule has 0 saturated carbocycles. The largest absolute Gasteiger partial charge is 0.398 e. The summed E-state index contributed by atoms with van der Waals surface area (Å²) in [6, 6.07) is 3.85. The molecule has 112 valence electrons. The van der Waals surface area contributed by atoms with E-state index in [1.807, 2.05) is 0 Å². The van der Waals surface area contributed by atoms with Crippen LogP contribution >= 0.6 is 0 Å². The molecule has 1 saturated heterocycles. The average molecular weight is 302 g/mol. The number of anilines is 1. The van der Waals surface area contributed by atoms with Crippen molar-refractivity contribution in [1.29, 1.82) is 0 Å². The zero-order chi connectivity index (χ0) is 14.8. The van der Waals surface area contributed by atoms with E-state index in [4.69, 9.17) is 10.5 Å². The highest BCUT2D eigenvalue weighted by Gasteiger charge is 2.29. The standard InChI is InChI=1S/C13H19FN2O3S/c1-16(9-10-5-2-3-8-19-10)20(17,18)13-11(14)6-4-7-12(13)15/h4,6-7,10H,2-3,5,8-9,15H2,1H3. The monoisotopic (exact) mass is 302 g/mol. The Morgan fingerprint density at radius 3 is 2.80 bits per heavy atom. The second-order valence-electron chi connectivity index (χ2n) is 4.93. The molecule has 0 aromatic heterocycles. The highest BCUT2D eigenvalue weighted by molar-refractivity contribution is 7.89. The number of sulfonamides is 1. The molecule has 1 unspecified atom stereocenters. The smallest absolute Gasteiger partial charge is 0.247 e. The van der Waals surface area contributed by atoms with Gasteiger partial charge in [0.1, 0.15) is 10.7 Å². The van der Waals surface area contributed by atoms with Crippen LogP contribution in [0.1, 0.15) is 19.3 Å². The third kappa shape index (κ3) is 3.11. The van der Waals surface area contributed by atoms with Crippen LogP contribution in [0.25, 0.3) is 0 Å². The number of nitrogen functional groups attached to an aromatic ring is 1. The van der Waals surface area contributed by atoms with Crippen molar-refractivity contribution in [2.75, 3.05) is 25.9 Å². The van der Waals surface area contributed by atoms with Crippen LogP contribution in [0.2, 0.25) is 0 Å². The molecule has 1 atom stereocenters. The van der Waals surface area contributed by atoms with Crippen molar-refractivity contribution in [3.8, 4) is 0 Å². The van der Waals surface area contributed by atoms with Crippen molar-refractivity contribution in [2.24, 2.45) is 0 Å². The molecule has 0 amide bonds. The van der Waals surface area contributed by atoms with Gasteiger partial charge in [-0.15, -0.1) is 0 Å². The quantitative estimate of drug-likeness (QED) is 0.857. The third-order valence-electron chi connectivity index (χ3n) is 3.40. The lowest BCUT2D eigenvalue weighted by Gasteiger charge is -2.27. The maximum absolute atomic E-state index is 13.8. The van der Waals surface area contributed by atoms with Crippen LogP contribution in [0.3, 0.4) is 0 Å². The van der Waals surface area contributed by atoms with Crippen LogP contribution in [0.15, 0.2) is 23.1 Å². The van der Waals surface area contributed by atoms with E-state index in [2.05, 4.69) is 0 Å². The predicted molar refractivity (Wildman–Crippen MR) is 74.2 cm³/mol. The van der Waals surface area contributed by atoms with Crippen molar-refractivity contribution in [3.05, 3.63) is 24.0 Å². The topological polar surface area (TPSA) is 72.6 Å². The fourth-order valence-electron chi connectivity index (χ4n) is 2.29. The number of rotatable bonds is 4. The van der Waals surface area contributed by atoms with Crippen LogP contribution < -0.4 is 5.73 Å². The van der Waals surface area contributed by atoms with Crippen LogP contribution in [-0.4, -0.2) is 39.0 Å². The maximum atomic E-state index is 13.8. The molecule has 1 heterocycles. The number of hydrogen-bond acceptors (Lipinski definition) is 4. The number of ether oxygens (including phenoxy) is 1. The number of benzene rings is 1. The lowest BCUT2D eigenvalue weighted by Crippen LogP contribution is -2.37. The number of nitrogens with zero attached hydrogens (tertiary/aromatic N) is 1. The second kappa shape index (κ2) is 6.07. The van der Waals surface area contributed by atoms with E-state index < -0.39 is 20.7 Å². The van der Waals surface area contributed by atoms with Crippen molar-refractivity contribution in [2.45, 2.75) is 30.3 Å². The zero-order valence-electron chi connectivity index (χ0n) is 11.4. The minimum Gasteiger partial charge on any atom is -0.398 e. The molecule has 2 rings (SSSR count). The molecular weight excluding hydrogens is 283 g/mol. The first kappa shape index (κ1) is 15.2. The Bertz CT molecular complexity index is 551. The summed E-state index contributed by atoms with van der Waals surface area (Å²) < 4.78 is 45.2. The summed E-state index contributed by atoms with van der Waals surface area (Å²) in [6.07, 6.45) is 2.68. The number of halogens is 1.